The topological polar surface area (TPSA) is 208 Å². The van der Waals surface area contributed by atoms with E-state index < -0.39 is 7.74 Å². The molecular formula is C3H7N6O5PZn. The van der Waals surface area contributed by atoms with E-state index in [4.69, 9.17) is 22.1 Å². The molecule has 0 bridgehead atoms. The number of rotatable bonds is 0. The predicted octanol–water partition coefficient (Wildman–Crippen LogP) is -3.59. The van der Waals surface area contributed by atoms with Crippen molar-refractivity contribution >= 4 is 25.6 Å². The SMILES string of the molecule is Nc1nc(N)nc(N)n1.[O-]P1([O-])(O)OO1.[Zn+2]. The third-order valence-corrected chi connectivity index (χ3v) is 1.48. The van der Waals surface area contributed by atoms with Gasteiger partial charge in [-0.25, -0.2) is 0 Å². The second kappa shape index (κ2) is 4.64. The molecule has 1 fully saturated rings. The predicted molar refractivity (Wildman–Crippen MR) is 44.4 cm³/mol. The van der Waals surface area contributed by atoms with Gasteiger partial charge in [-0.2, -0.15) is 15.0 Å². The summed E-state index contributed by atoms with van der Waals surface area (Å²) in [6.45, 7) is 0. The molecule has 0 atom stereocenters. The van der Waals surface area contributed by atoms with E-state index in [2.05, 4.69) is 24.3 Å². The molecule has 0 saturated carbocycles. The number of anilines is 3. The van der Waals surface area contributed by atoms with E-state index in [0.717, 1.165) is 0 Å². The third kappa shape index (κ3) is 5.98. The van der Waals surface area contributed by atoms with E-state index in [-0.39, 0.29) is 37.3 Å². The minimum Gasteiger partial charge on any atom is 2.00 e. The van der Waals surface area contributed by atoms with E-state index in [1.165, 1.54) is 0 Å². The Balaban J connectivity index is 0.000000283. The maximum Gasteiger partial charge on any atom is 2.00 e. The van der Waals surface area contributed by atoms with Gasteiger partial charge in [-0.15, -0.1) is 0 Å². The minimum atomic E-state index is -5.30. The summed E-state index contributed by atoms with van der Waals surface area (Å²) in [6.07, 6.45) is 0. The summed E-state index contributed by atoms with van der Waals surface area (Å²) >= 11 is 0. The van der Waals surface area contributed by atoms with Crippen molar-refractivity contribution in [1.82, 2.24) is 15.0 Å². The summed E-state index contributed by atoms with van der Waals surface area (Å²) in [4.78, 5) is 37.1. The number of nitrogens with zero attached hydrogens (tertiary/aromatic N) is 3. The fourth-order valence-corrected chi connectivity index (χ4v) is 0.806. The molecular weight excluding hydrogens is 296 g/mol. The van der Waals surface area contributed by atoms with Crippen LogP contribution in [0.1, 0.15) is 0 Å². The van der Waals surface area contributed by atoms with Crippen LogP contribution in [0.5, 0.6) is 0 Å². The van der Waals surface area contributed by atoms with Crippen molar-refractivity contribution < 1.29 is 43.5 Å². The van der Waals surface area contributed by atoms with Crippen LogP contribution in [-0.2, 0) is 28.8 Å². The molecule has 0 aliphatic carbocycles. The molecule has 1 aromatic heterocycles. The molecule has 0 amide bonds. The maximum atomic E-state index is 9.48. The Morgan fingerprint density at radius 2 is 1.12 bits per heavy atom. The van der Waals surface area contributed by atoms with Gasteiger partial charge in [0.25, 0.3) is 0 Å². The van der Waals surface area contributed by atoms with Crippen LogP contribution in [0.3, 0.4) is 0 Å². The fraction of sp³-hybridized carbons (Fsp3) is 0. The zero-order valence-corrected chi connectivity index (χ0v) is 11.7. The first-order chi connectivity index (χ1) is 6.66. The van der Waals surface area contributed by atoms with Crippen LogP contribution < -0.4 is 27.0 Å². The Labute approximate surface area is 102 Å². The Bertz CT molecular complexity index is 324. The van der Waals surface area contributed by atoms with Crippen molar-refractivity contribution in [3.63, 3.8) is 0 Å². The molecule has 11 nitrogen and oxygen atoms in total. The van der Waals surface area contributed by atoms with Crippen molar-refractivity contribution in [2.24, 2.45) is 0 Å². The van der Waals surface area contributed by atoms with Gasteiger partial charge in [0, 0.05) is 0 Å². The molecule has 0 spiro atoms. The van der Waals surface area contributed by atoms with Gasteiger partial charge >= 0.3 is 51.2 Å². The number of nitrogen functional groups attached to an aromatic ring is 3. The van der Waals surface area contributed by atoms with E-state index in [1.807, 2.05) is 0 Å². The quantitative estimate of drug-likeness (QED) is 0.159. The van der Waals surface area contributed by atoms with Gasteiger partial charge < -0.3 is 17.2 Å². The Kier molecular flexibility index (Phi) is 4.42. The average molecular weight is 303 g/mol. The molecule has 2 heterocycles. The number of hydrogen-bond acceptors (Lipinski definition) is 11. The largest absolute Gasteiger partial charge is 2.00 e. The van der Waals surface area contributed by atoms with Crippen LogP contribution in [0.4, 0.5) is 17.8 Å². The van der Waals surface area contributed by atoms with E-state index in [1.54, 1.807) is 0 Å². The number of nitrogens with two attached hydrogens (primary N) is 3. The molecule has 0 unspecified atom stereocenters. The Hall–Kier alpha value is -0.737. The molecule has 1 aromatic rings. The van der Waals surface area contributed by atoms with Crippen LogP contribution in [0.15, 0.2) is 0 Å². The van der Waals surface area contributed by atoms with Gasteiger partial charge in [-0.3, -0.25) is 0 Å². The van der Waals surface area contributed by atoms with Gasteiger partial charge in [0.1, 0.15) is 0 Å². The van der Waals surface area contributed by atoms with Gasteiger partial charge in [0.05, 0.1) is 0 Å². The van der Waals surface area contributed by atoms with Crippen molar-refractivity contribution in [1.29, 1.82) is 0 Å². The molecule has 86 valence electrons. The summed E-state index contributed by atoms with van der Waals surface area (Å²) in [7, 11) is -5.30. The first-order valence-electron chi connectivity index (χ1n) is 3.30. The van der Waals surface area contributed by atoms with Crippen molar-refractivity contribution in [3.05, 3.63) is 0 Å². The second-order valence-corrected chi connectivity index (χ2v) is 4.18. The molecule has 16 heavy (non-hydrogen) atoms. The monoisotopic (exact) mass is 302 g/mol. The third-order valence-electron chi connectivity index (χ3n) is 0.950. The van der Waals surface area contributed by atoms with Crippen LogP contribution in [0.25, 0.3) is 0 Å². The molecule has 1 aliphatic heterocycles. The van der Waals surface area contributed by atoms with E-state index >= 15 is 0 Å². The smallest absolute Gasteiger partial charge is 2.00 e. The van der Waals surface area contributed by atoms with E-state index in [9.17, 15) is 9.79 Å². The summed E-state index contributed by atoms with van der Waals surface area (Å²) in [5, 5.41) is 0. The second-order valence-electron chi connectivity index (χ2n) is 2.33. The fourth-order valence-electron chi connectivity index (χ4n) is 0.469. The van der Waals surface area contributed by atoms with Gasteiger partial charge in [-0.1, -0.05) is 0 Å². The maximum absolute atomic E-state index is 9.48. The van der Waals surface area contributed by atoms with Crippen LogP contribution in [0.2, 0.25) is 0 Å². The Morgan fingerprint density at radius 3 is 1.25 bits per heavy atom. The summed E-state index contributed by atoms with van der Waals surface area (Å²) in [5.41, 5.74) is 15.4. The van der Waals surface area contributed by atoms with Crippen molar-refractivity contribution in [2.75, 3.05) is 17.2 Å². The van der Waals surface area contributed by atoms with Crippen LogP contribution >= 0.6 is 7.74 Å². The molecule has 0 radical (unpaired) electrons. The van der Waals surface area contributed by atoms with Crippen LogP contribution in [0, 0.1) is 0 Å². The molecule has 1 aliphatic rings. The molecule has 7 N–H and O–H groups in total. The molecule has 0 aromatic carbocycles. The Morgan fingerprint density at radius 1 is 0.938 bits per heavy atom. The number of hydrogen-bond donors (Lipinski definition) is 4. The van der Waals surface area contributed by atoms with Crippen LogP contribution in [-0.4, -0.2) is 19.8 Å². The standard InChI is InChI=1S/C3H6N6.HO5P.Zn/c4-1-7-2(5)9-3(6)8-1;1-6(2,3)4-5-6;/h(H6,4,5,6,7,8,9);1H;/q;-2;+2. The molecule has 13 heteroatoms. The average Bonchev–Trinajstić information content (AvgIpc) is 2.57. The first kappa shape index (κ1) is 15.3. The van der Waals surface area contributed by atoms with Crippen molar-refractivity contribution in [2.45, 2.75) is 0 Å². The summed E-state index contributed by atoms with van der Waals surface area (Å²) in [6, 6.07) is 0. The summed E-state index contributed by atoms with van der Waals surface area (Å²) < 4.78 is 6.32. The normalized spacial score (nSPS) is 21.3. The van der Waals surface area contributed by atoms with Crippen molar-refractivity contribution in [3.8, 4) is 0 Å². The van der Waals surface area contributed by atoms with E-state index in [0.29, 0.717) is 0 Å². The zero-order chi connectivity index (χ0) is 11.7. The number of aromatic nitrogens is 3. The molecule has 1 saturated heterocycles. The van der Waals surface area contributed by atoms with Gasteiger partial charge in [0.2, 0.25) is 17.8 Å². The van der Waals surface area contributed by atoms with Gasteiger partial charge in [-0.05, 0) is 0 Å². The minimum absolute atomic E-state index is 0. The zero-order valence-electron chi connectivity index (χ0n) is 7.81. The summed E-state index contributed by atoms with van der Waals surface area (Å²) in [5.74, 6) is 0.125. The molecule has 2 rings (SSSR count). The first-order valence-corrected chi connectivity index (χ1v) is 5.17. The van der Waals surface area contributed by atoms with Gasteiger partial charge in [0.15, 0.2) is 0 Å².